The van der Waals surface area contributed by atoms with Gasteiger partial charge < -0.3 is 10.4 Å². The van der Waals surface area contributed by atoms with Crippen LogP contribution in [0.4, 0.5) is 5.69 Å². The van der Waals surface area contributed by atoms with Crippen LogP contribution in [0.5, 0.6) is 5.75 Å². The van der Waals surface area contributed by atoms with Crippen LogP contribution in [-0.2, 0) is 11.2 Å². The zero-order valence-electron chi connectivity index (χ0n) is 13.9. The lowest BCUT2D eigenvalue weighted by atomic mass is 10.1. The van der Waals surface area contributed by atoms with Gasteiger partial charge in [-0.3, -0.25) is 14.9 Å². The summed E-state index contributed by atoms with van der Waals surface area (Å²) in [6.45, 7) is 0.383. The van der Waals surface area contributed by atoms with Gasteiger partial charge in [-0.25, -0.2) is 0 Å². The quantitative estimate of drug-likeness (QED) is 0.261. The number of nitrogens with one attached hydrogen (secondary N) is 1. The summed E-state index contributed by atoms with van der Waals surface area (Å²) in [6, 6.07) is 14.9. The van der Waals surface area contributed by atoms with Crippen LogP contribution in [0.2, 0.25) is 0 Å². The van der Waals surface area contributed by atoms with Crippen LogP contribution in [-0.4, -0.2) is 22.5 Å². The summed E-state index contributed by atoms with van der Waals surface area (Å²) < 4.78 is 0. The van der Waals surface area contributed by atoms with Gasteiger partial charge in [-0.2, -0.15) is 5.26 Å². The number of nitrogens with zero attached hydrogens (tertiary/aromatic N) is 2. The number of carbonyl (C=O) groups is 1. The summed E-state index contributed by atoms with van der Waals surface area (Å²) in [7, 11) is 0. The van der Waals surface area contributed by atoms with Gasteiger partial charge in [0.2, 0.25) is 0 Å². The SMILES string of the molecule is N#C/C(=C/c1cc([N+](=O)[O-])ccc1O)C(=O)NCCCc1ccccc1. The minimum absolute atomic E-state index is 0.0372. The summed E-state index contributed by atoms with van der Waals surface area (Å²) >= 11 is 0. The summed E-state index contributed by atoms with van der Waals surface area (Å²) in [4.78, 5) is 22.3. The molecule has 2 rings (SSSR count). The van der Waals surface area contributed by atoms with Crippen molar-refractivity contribution in [1.82, 2.24) is 5.32 Å². The van der Waals surface area contributed by atoms with Gasteiger partial charge in [0.05, 0.1) is 4.92 Å². The Balaban J connectivity index is 2.00. The molecule has 0 heterocycles. The number of non-ortho nitro benzene ring substituents is 1. The van der Waals surface area contributed by atoms with E-state index in [0.717, 1.165) is 36.3 Å². The molecule has 0 aliphatic carbocycles. The zero-order chi connectivity index (χ0) is 18.9. The highest BCUT2D eigenvalue weighted by atomic mass is 16.6. The highest BCUT2D eigenvalue weighted by Crippen LogP contribution is 2.25. The van der Waals surface area contributed by atoms with Crippen molar-refractivity contribution in [3.05, 3.63) is 75.3 Å². The number of nitriles is 1. The molecule has 2 aromatic rings. The Bertz CT molecular complexity index is 870. The van der Waals surface area contributed by atoms with Gasteiger partial charge in [0, 0.05) is 24.2 Å². The standard InChI is InChI=1S/C19H17N3O4/c20-13-16(11-15-12-17(22(25)26)8-9-18(15)23)19(24)21-10-4-7-14-5-2-1-3-6-14/h1-3,5-6,8-9,11-12,23H,4,7,10H2,(H,21,24)/b16-11-. The van der Waals surface area contributed by atoms with Crippen molar-refractivity contribution >= 4 is 17.7 Å². The normalized spacial score (nSPS) is 10.8. The van der Waals surface area contributed by atoms with Crippen LogP contribution in [0.25, 0.3) is 6.08 Å². The molecular weight excluding hydrogens is 334 g/mol. The maximum absolute atomic E-state index is 12.1. The first kappa shape index (κ1) is 18.7. The first-order chi connectivity index (χ1) is 12.5. The van der Waals surface area contributed by atoms with Crippen molar-refractivity contribution in [2.24, 2.45) is 0 Å². The van der Waals surface area contributed by atoms with E-state index in [4.69, 9.17) is 5.26 Å². The maximum Gasteiger partial charge on any atom is 0.270 e. The van der Waals surface area contributed by atoms with Gasteiger partial charge in [-0.15, -0.1) is 0 Å². The summed E-state index contributed by atoms with van der Waals surface area (Å²) in [5.74, 6) is -0.841. The largest absolute Gasteiger partial charge is 0.507 e. The number of amides is 1. The molecule has 0 radical (unpaired) electrons. The third-order valence-corrected chi connectivity index (χ3v) is 3.66. The Kier molecular flexibility index (Phi) is 6.46. The van der Waals surface area contributed by atoms with Gasteiger partial charge in [-0.05, 0) is 30.5 Å². The van der Waals surface area contributed by atoms with Crippen molar-refractivity contribution in [2.45, 2.75) is 12.8 Å². The van der Waals surface area contributed by atoms with E-state index in [1.807, 2.05) is 30.3 Å². The average Bonchev–Trinajstić information content (AvgIpc) is 2.65. The van der Waals surface area contributed by atoms with E-state index in [2.05, 4.69) is 5.32 Å². The number of rotatable bonds is 7. The fraction of sp³-hybridized carbons (Fsp3) is 0.158. The number of aromatic hydroxyl groups is 1. The van der Waals surface area contributed by atoms with E-state index < -0.39 is 10.8 Å². The lowest BCUT2D eigenvalue weighted by molar-refractivity contribution is -0.384. The van der Waals surface area contributed by atoms with E-state index in [0.29, 0.717) is 13.0 Å². The summed E-state index contributed by atoms with van der Waals surface area (Å²) in [5.41, 5.74) is 0.713. The van der Waals surface area contributed by atoms with Crippen molar-refractivity contribution in [3.8, 4) is 11.8 Å². The molecule has 2 N–H and O–H groups in total. The van der Waals surface area contributed by atoms with Gasteiger partial charge in [-0.1, -0.05) is 30.3 Å². The number of hydrogen-bond donors (Lipinski definition) is 2. The molecule has 26 heavy (non-hydrogen) atoms. The number of phenolic OH excluding ortho intramolecular Hbond substituents is 1. The molecule has 0 spiro atoms. The maximum atomic E-state index is 12.1. The van der Waals surface area contributed by atoms with Crippen LogP contribution in [0.3, 0.4) is 0 Å². The minimum atomic E-state index is -0.619. The second-order valence-electron chi connectivity index (χ2n) is 5.52. The third kappa shape index (κ3) is 5.18. The Hall–Kier alpha value is -3.66. The van der Waals surface area contributed by atoms with E-state index in [9.17, 15) is 20.0 Å². The predicted molar refractivity (Wildman–Crippen MR) is 96.1 cm³/mol. The summed E-state index contributed by atoms with van der Waals surface area (Å²) in [6.07, 6.45) is 2.63. The molecule has 0 fully saturated rings. The smallest absolute Gasteiger partial charge is 0.270 e. The number of carbonyl (C=O) groups excluding carboxylic acids is 1. The lowest BCUT2D eigenvalue weighted by Gasteiger charge is -2.05. The molecule has 0 aromatic heterocycles. The predicted octanol–water partition coefficient (Wildman–Crippen LogP) is 2.96. The Morgan fingerprint density at radius 1 is 1.27 bits per heavy atom. The highest BCUT2D eigenvalue weighted by molar-refractivity contribution is 6.02. The molecule has 1 amide bonds. The molecule has 7 heteroatoms. The van der Waals surface area contributed by atoms with Crippen LogP contribution in [0.15, 0.2) is 54.1 Å². The molecule has 0 aliphatic rings. The van der Waals surface area contributed by atoms with Gasteiger partial charge in [0.25, 0.3) is 11.6 Å². The molecule has 2 aromatic carbocycles. The summed E-state index contributed by atoms with van der Waals surface area (Å²) in [5, 5.41) is 32.4. The number of phenols is 1. The Morgan fingerprint density at radius 2 is 2.00 bits per heavy atom. The van der Waals surface area contributed by atoms with Crippen molar-refractivity contribution in [1.29, 1.82) is 5.26 Å². The number of nitro groups is 1. The van der Waals surface area contributed by atoms with E-state index in [1.165, 1.54) is 0 Å². The minimum Gasteiger partial charge on any atom is -0.507 e. The molecule has 0 saturated carbocycles. The lowest BCUT2D eigenvalue weighted by Crippen LogP contribution is -2.25. The second kappa shape index (κ2) is 8.99. The highest BCUT2D eigenvalue weighted by Gasteiger charge is 2.13. The van der Waals surface area contributed by atoms with E-state index >= 15 is 0 Å². The van der Waals surface area contributed by atoms with Crippen LogP contribution in [0, 0.1) is 21.4 Å². The Morgan fingerprint density at radius 3 is 2.65 bits per heavy atom. The number of benzene rings is 2. The molecule has 0 bridgehead atoms. The van der Waals surface area contributed by atoms with Crippen LogP contribution in [0.1, 0.15) is 17.5 Å². The number of hydrogen-bond acceptors (Lipinski definition) is 5. The second-order valence-corrected chi connectivity index (χ2v) is 5.52. The number of nitro benzene ring substituents is 1. The molecule has 0 saturated heterocycles. The van der Waals surface area contributed by atoms with Gasteiger partial charge in [0.15, 0.2) is 0 Å². The molecule has 0 atom stereocenters. The molecule has 0 aliphatic heterocycles. The number of aryl methyl sites for hydroxylation is 1. The first-order valence-corrected chi connectivity index (χ1v) is 7.92. The van der Waals surface area contributed by atoms with Crippen molar-refractivity contribution in [3.63, 3.8) is 0 Å². The fourth-order valence-electron chi connectivity index (χ4n) is 2.31. The first-order valence-electron chi connectivity index (χ1n) is 7.92. The van der Waals surface area contributed by atoms with Crippen molar-refractivity contribution < 1.29 is 14.8 Å². The van der Waals surface area contributed by atoms with Crippen LogP contribution >= 0.6 is 0 Å². The average molecular weight is 351 g/mol. The fourth-order valence-corrected chi connectivity index (χ4v) is 2.31. The van der Waals surface area contributed by atoms with Crippen LogP contribution < -0.4 is 5.32 Å². The van der Waals surface area contributed by atoms with E-state index in [-0.39, 0.29) is 22.6 Å². The van der Waals surface area contributed by atoms with E-state index in [1.54, 1.807) is 6.07 Å². The topological polar surface area (TPSA) is 116 Å². The molecule has 132 valence electrons. The monoisotopic (exact) mass is 351 g/mol. The third-order valence-electron chi connectivity index (χ3n) is 3.66. The Labute approximate surface area is 150 Å². The molecular formula is C19H17N3O4. The molecule has 7 nitrogen and oxygen atoms in total. The van der Waals surface area contributed by atoms with Gasteiger partial charge in [0.1, 0.15) is 17.4 Å². The zero-order valence-corrected chi connectivity index (χ0v) is 13.9. The molecule has 0 unspecified atom stereocenters. The van der Waals surface area contributed by atoms with Gasteiger partial charge >= 0.3 is 0 Å². The van der Waals surface area contributed by atoms with Crippen molar-refractivity contribution in [2.75, 3.05) is 6.54 Å².